The van der Waals surface area contributed by atoms with Gasteiger partial charge in [0.1, 0.15) is 6.54 Å². The Bertz CT molecular complexity index is 691. The Hall–Kier alpha value is -1.35. The average molecular weight is 374 g/mol. The minimum atomic E-state index is -3.08. The summed E-state index contributed by atoms with van der Waals surface area (Å²) in [5.74, 6) is -0.570. The van der Waals surface area contributed by atoms with Crippen LogP contribution in [0.2, 0.25) is 0 Å². The number of rotatable bonds is 4. The minimum Gasteiger partial charge on any atom is -0.351 e. The Balaban J connectivity index is 2.01. The van der Waals surface area contributed by atoms with E-state index in [1.165, 1.54) is 22.7 Å². The number of thioether (sulfide) groups is 1. The zero-order valence-electron chi connectivity index (χ0n) is 14.0. The number of amides is 2. The van der Waals surface area contributed by atoms with Gasteiger partial charge in [0.25, 0.3) is 0 Å². The second-order valence-electron chi connectivity index (χ2n) is 7.03. The van der Waals surface area contributed by atoms with E-state index in [1.54, 1.807) is 20.8 Å². The van der Waals surface area contributed by atoms with Gasteiger partial charge in [0.2, 0.25) is 11.8 Å². The van der Waals surface area contributed by atoms with E-state index in [9.17, 15) is 22.8 Å². The molecule has 0 aliphatic carbocycles. The summed E-state index contributed by atoms with van der Waals surface area (Å²) in [6, 6.07) is -0.406. The summed E-state index contributed by atoms with van der Waals surface area (Å²) in [6.07, 6.45) is 1.80. The van der Waals surface area contributed by atoms with Crippen LogP contribution in [0.4, 0.5) is 0 Å². The van der Waals surface area contributed by atoms with Gasteiger partial charge >= 0.3 is 0 Å². The molecule has 0 unspecified atom stereocenters. The summed E-state index contributed by atoms with van der Waals surface area (Å²) in [5.41, 5.74) is -0.564. The van der Waals surface area contributed by atoms with Crippen LogP contribution < -0.4 is 5.32 Å². The van der Waals surface area contributed by atoms with Gasteiger partial charge in [-0.2, -0.15) is 0 Å². The van der Waals surface area contributed by atoms with E-state index in [2.05, 4.69) is 5.32 Å². The van der Waals surface area contributed by atoms with Gasteiger partial charge < -0.3 is 5.32 Å². The molecule has 0 saturated carbocycles. The van der Waals surface area contributed by atoms with Crippen molar-refractivity contribution >= 4 is 39.2 Å². The molecule has 2 saturated heterocycles. The average Bonchev–Trinajstić information content (AvgIpc) is 2.93. The molecule has 2 fully saturated rings. The molecule has 0 aromatic carbocycles. The molecule has 134 valence electrons. The fourth-order valence-corrected chi connectivity index (χ4v) is 4.97. The lowest BCUT2D eigenvalue weighted by molar-refractivity contribution is -0.131. The molecule has 2 aliphatic heterocycles. The van der Waals surface area contributed by atoms with Crippen molar-refractivity contribution in [2.45, 2.75) is 33.2 Å². The lowest BCUT2D eigenvalue weighted by Gasteiger charge is -2.20. The number of allylic oxidation sites excluding steroid dienone is 1. The van der Waals surface area contributed by atoms with Gasteiger partial charge in [-0.05, 0) is 6.42 Å². The van der Waals surface area contributed by atoms with E-state index < -0.39 is 27.2 Å². The number of nitrogens with zero attached hydrogens (tertiary/aromatic N) is 1. The van der Waals surface area contributed by atoms with Crippen LogP contribution in [0.25, 0.3) is 0 Å². The summed E-state index contributed by atoms with van der Waals surface area (Å²) in [5, 5.41) is 3.12. The zero-order chi connectivity index (χ0) is 18.1. The van der Waals surface area contributed by atoms with Crippen LogP contribution in [0, 0.1) is 5.41 Å². The SMILES string of the molecule is CC(C)(C)C(=O)/C=C1\SCC(=O)N1CC(=O)N[C@H]1CCS(=O)(=O)C1. The van der Waals surface area contributed by atoms with Crippen molar-refractivity contribution in [1.29, 1.82) is 0 Å². The molecule has 24 heavy (non-hydrogen) atoms. The van der Waals surface area contributed by atoms with Crippen molar-refractivity contribution in [2.75, 3.05) is 23.8 Å². The lowest BCUT2D eigenvalue weighted by atomic mass is 9.91. The third-order valence-electron chi connectivity index (χ3n) is 3.80. The molecular weight excluding hydrogens is 352 g/mol. The standard InChI is InChI=1S/C15H22N2O5S2/c1-15(2,3)11(18)6-14-17(13(20)8-23-14)7-12(19)16-10-4-5-24(21,22)9-10/h6,10H,4-5,7-9H2,1-3H3,(H,16,19)/b14-6-/t10-/m0/s1. The Morgan fingerprint density at radius 3 is 2.58 bits per heavy atom. The van der Waals surface area contributed by atoms with Crippen LogP contribution >= 0.6 is 11.8 Å². The van der Waals surface area contributed by atoms with E-state index in [0.717, 1.165) is 0 Å². The number of ketones is 1. The summed E-state index contributed by atoms with van der Waals surface area (Å²) >= 11 is 1.23. The summed E-state index contributed by atoms with van der Waals surface area (Å²) in [6.45, 7) is 5.15. The predicted molar refractivity (Wildman–Crippen MR) is 91.9 cm³/mol. The molecular formula is C15H22N2O5S2. The van der Waals surface area contributed by atoms with Gasteiger partial charge in [-0.1, -0.05) is 32.5 Å². The summed E-state index contributed by atoms with van der Waals surface area (Å²) < 4.78 is 22.8. The normalized spacial score (nSPS) is 25.3. The number of hydrogen-bond acceptors (Lipinski definition) is 6. The first-order chi connectivity index (χ1) is 11.0. The first kappa shape index (κ1) is 19.0. The molecule has 2 rings (SSSR count). The molecule has 2 amide bonds. The van der Waals surface area contributed by atoms with Crippen molar-refractivity contribution < 1.29 is 22.8 Å². The smallest absolute Gasteiger partial charge is 0.240 e. The number of carbonyl (C=O) groups is 3. The molecule has 1 atom stereocenters. The predicted octanol–water partition coefficient (Wildman–Crippen LogP) is 0.322. The van der Waals surface area contributed by atoms with Crippen LogP contribution in [-0.4, -0.2) is 60.8 Å². The van der Waals surface area contributed by atoms with Crippen LogP contribution in [0.1, 0.15) is 27.2 Å². The second-order valence-corrected chi connectivity index (χ2v) is 10.3. The van der Waals surface area contributed by atoms with E-state index >= 15 is 0 Å². The number of sulfone groups is 1. The Morgan fingerprint density at radius 2 is 2.04 bits per heavy atom. The van der Waals surface area contributed by atoms with Crippen molar-refractivity contribution in [2.24, 2.45) is 5.41 Å². The highest BCUT2D eigenvalue weighted by atomic mass is 32.2. The maximum Gasteiger partial charge on any atom is 0.240 e. The molecule has 0 aromatic rings. The molecule has 9 heteroatoms. The zero-order valence-corrected chi connectivity index (χ0v) is 15.6. The third kappa shape index (κ3) is 4.83. The monoisotopic (exact) mass is 374 g/mol. The Labute approximate surface area is 146 Å². The largest absolute Gasteiger partial charge is 0.351 e. The van der Waals surface area contributed by atoms with Gasteiger partial charge in [0, 0.05) is 17.5 Å². The topological polar surface area (TPSA) is 101 Å². The molecule has 7 nitrogen and oxygen atoms in total. The molecule has 0 bridgehead atoms. The maximum atomic E-state index is 12.1. The highest BCUT2D eigenvalue weighted by Gasteiger charge is 2.33. The minimum absolute atomic E-state index is 0.0629. The van der Waals surface area contributed by atoms with Crippen molar-refractivity contribution in [3.63, 3.8) is 0 Å². The first-order valence-corrected chi connectivity index (χ1v) is 10.5. The highest BCUT2D eigenvalue weighted by molar-refractivity contribution is 8.04. The fraction of sp³-hybridized carbons (Fsp3) is 0.667. The van der Waals surface area contributed by atoms with Crippen LogP contribution in [0.3, 0.4) is 0 Å². The lowest BCUT2D eigenvalue weighted by Crippen LogP contribution is -2.42. The number of carbonyl (C=O) groups excluding carboxylic acids is 3. The van der Waals surface area contributed by atoms with Gasteiger partial charge in [0.15, 0.2) is 15.6 Å². The highest BCUT2D eigenvalue weighted by Crippen LogP contribution is 2.30. The van der Waals surface area contributed by atoms with E-state index in [-0.39, 0.29) is 35.5 Å². The van der Waals surface area contributed by atoms with Gasteiger partial charge in [-0.25, -0.2) is 8.42 Å². The summed E-state index contributed by atoms with van der Waals surface area (Å²) in [4.78, 5) is 37.5. The van der Waals surface area contributed by atoms with Crippen LogP contribution in [-0.2, 0) is 24.2 Å². The van der Waals surface area contributed by atoms with E-state index in [4.69, 9.17) is 0 Å². The fourth-order valence-electron chi connectivity index (χ4n) is 2.35. The van der Waals surface area contributed by atoms with Crippen molar-refractivity contribution in [3.8, 4) is 0 Å². The molecule has 0 radical (unpaired) electrons. The van der Waals surface area contributed by atoms with Crippen molar-refractivity contribution in [3.05, 3.63) is 11.1 Å². The molecule has 2 heterocycles. The first-order valence-electron chi connectivity index (χ1n) is 7.67. The Morgan fingerprint density at radius 1 is 1.38 bits per heavy atom. The summed E-state index contributed by atoms with van der Waals surface area (Å²) in [7, 11) is -3.08. The van der Waals surface area contributed by atoms with Crippen LogP contribution in [0.5, 0.6) is 0 Å². The number of nitrogens with one attached hydrogen (secondary N) is 1. The Kier molecular flexibility index (Phi) is 5.44. The van der Waals surface area contributed by atoms with Crippen molar-refractivity contribution in [1.82, 2.24) is 10.2 Å². The quantitative estimate of drug-likeness (QED) is 0.712. The second kappa shape index (κ2) is 6.87. The number of hydrogen-bond donors (Lipinski definition) is 1. The van der Waals surface area contributed by atoms with Crippen LogP contribution in [0.15, 0.2) is 11.1 Å². The molecule has 2 aliphatic rings. The van der Waals surface area contributed by atoms with Gasteiger partial charge in [-0.3, -0.25) is 19.3 Å². The molecule has 0 spiro atoms. The van der Waals surface area contributed by atoms with E-state index in [0.29, 0.717) is 11.4 Å². The van der Waals surface area contributed by atoms with Gasteiger partial charge in [0.05, 0.1) is 22.3 Å². The molecule has 0 aromatic heterocycles. The van der Waals surface area contributed by atoms with Gasteiger partial charge in [-0.15, -0.1) is 0 Å². The van der Waals surface area contributed by atoms with E-state index in [1.807, 2.05) is 0 Å². The third-order valence-corrected chi connectivity index (χ3v) is 6.60. The maximum absolute atomic E-state index is 12.1. The molecule has 1 N–H and O–H groups in total.